The standard InChI is InChI=1S/C27H39N3O3.C3H8.2C2H6/c1-4-7-9-11-17-30(18-12-10-8-5-2)24-15-13-23(14-16-24)25(21-28)26(22-29)27(31)33-20-19-32-6-3;1-3-2;2*1-2/h13-16H,4-12,17-20H2,1-3H3;3H2,1-2H3;2*1-2H3/b26-25-;;;. The number of ether oxygens (including phenoxy) is 2. The monoisotopic (exact) mass is 557 g/mol. The van der Waals surface area contributed by atoms with Gasteiger partial charge >= 0.3 is 5.97 Å². The van der Waals surface area contributed by atoms with Crippen LogP contribution in [-0.2, 0) is 14.3 Å². The minimum absolute atomic E-state index is 0.0305. The Kier molecular flexibility index (Phi) is 33.7. The number of rotatable bonds is 17. The second-order valence-electron chi connectivity index (χ2n) is 8.67. The van der Waals surface area contributed by atoms with E-state index in [1.165, 1.54) is 44.9 Å². The van der Waals surface area contributed by atoms with Crippen LogP contribution in [0.2, 0.25) is 0 Å². The number of esters is 1. The molecular formula is C34H59N3O3. The van der Waals surface area contributed by atoms with Gasteiger partial charge in [0.25, 0.3) is 0 Å². The lowest BCUT2D eigenvalue weighted by Gasteiger charge is -2.25. The molecule has 0 fully saturated rings. The van der Waals surface area contributed by atoms with Crippen LogP contribution in [0.15, 0.2) is 29.8 Å². The summed E-state index contributed by atoms with van der Waals surface area (Å²) in [6.07, 6.45) is 10.9. The Morgan fingerprint density at radius 3 is 1.65 bits per heavy atom. The summed E-state index contributed by atoms with van der Waals surface area (Å²) in [5, 5.41) is 19.1. The lowest BCUT2D eigenvalue weighted by Crippen LogP contribution is -2.25. The molecule has 0 aliphatic rings. The maximum atomic E-state index is 12.3. The third kappa shape index (κ3) is 20.1. The molecule has 0 bridgehead atoms. The van der Waals surface area contributed by atoms with Gasteiger partial charge in [0.1, 0.15) is 18.7 Å². The van der Waals surface area contributed by atoms with Crippen molar-refractivity contribution in [2.24, 2.45) is 0 Å². The van der Waals surface area contributed by atoms with E-state index in [-0.39, 0.29) is 24.4 Å². The second-order valence-corrected chi connectivity index (χ2v) is 8.67. The van der Waals surface area contributed by atoms with Crippen molar-refractivity contribution in [3.05, 3.63) is 35.4 Å². The van der Waals surface area contributed by atoms with Crippen LogP contribution < -0.4 is 4.90 Å². The Morgan fingerprint density at radius 1 is 0.750 bits per heavy atom. The summed E-state index contributed by atoms with van der Waals surface area (Å²) in [6.45, 7) is 21.3. The molecule has 0 spiro atoms. The van der Waals surface area contributed by atoms with Crippen LogP contribution in [0.4, 0.5) is 5.69 Å². The van der Waals surface area contributed by atoms with Gasteiger partial charge in [-0.1, -0.05) is 112 Å². The zero-order valence-electron chi connectivity index (χ0n) is 27.3. The molecule has 0 amide bonds. The van der Waals surface area contributed by atoms with Gasteiger partial charge in [0.15, 0.2) is 5.57 Å². The lowest BCUT2D eigenvalue weighted by atomic mass is 10.0. The number of hydrogen-bond acceptors (Lipinski definition) is 6. The molecule has 0 saturated heterocycles. The van der Waals surface area contributed by atoms with Crippen LogP contribution in [-0.4, -0.2) is 38.9 Å². The predicted molar refractivity (Wildman–Crippen MR) is 171 cm³/mol. The highest BCUT2D eigenvalue weighted by Crippen LogP contribution is 2.24. The molecule has 1 aromatic carbocycles. The van der Waals surface area contributed by atoms with Gasteiger partial charge < -0.3 is 14.4 Å². The summed E-state index contributed by atoms with van der Waals surface area (Å²) in [6, 6.07) is 11.4. The topological polar surface area (TPSA) is 86.4 Å². The molecule has 6 nitrogen and oxygen atoms in total. The number of nitriles is 2. The zero-order chi connectivity index (χ0) is 31.0. The number of carbonyl (C=O) groups excluding carboxylic acids is 1. The summed E-state index contributed by atoms with van der Waals surface area (Å²) < 4.78 is 10.2. The minimum Gasteiger partial charge on any atom is -0.459 e. The van der Waals surface area contributed by atoms with Gasteiger partial charge in [0.05, 0.1) is 12.2 Å². The van der Waals surface area contributed by atoms with Gasteiger partial charge in [-0.3, -0.25) is 0 Å². The van der Waals surface area contributed by atoms with E-state index in [1.807, 2.05) is 71.0 Å². The van der Waals surface area contributed by atoms with Crippen molar-refractivity contribution in [3.8, 4) is 12.1 Å². The highest BCUT2D eigenvalue weighted by Gasteiger charge is 2.19. The van der Waals surface area contributed by atoms with Gasteiger partial charge in [0, 0.05) is 25.4 Å². The first-order valence-electron chi connectivity index (χ1n) is 15.7. The summed E-state index contributed by atoms with van der Waals surface area (Å²) in [5.41, 5.74) is 1.39. The van der Waals surface area contributed by atoms with Crippen molar-refractivity contribution in [3.63, 3.8) is 0 Å². The van der Waals surface area contributed by atoms with E-state index >= 15 is 0 Å². The Balaban J connectivity index is -0.00000178. The highest BCUT2D eigenvalue weighted by molar-refractivity contribution is 6.04. The number of allylic oxidation sites excluding steroid dienone is 1. The number of hydrogen-bond donors (Lipinski definition) is 0. The number of anilines is 1. The van der Waals surface area contributed by atoms with Crippen molar-refractivity contribution < 1.29 is 14.3 Å². The van der Waals surface area contributed by atoms with E-state index in [0.717, 1.165) is 31.6 Å². The fraction of sp³-hybridized carbons (Fsp3) is 0.676. The van der Waals surface area contributed by atoms with Crippen LogP contribution in [0.1, 0.15) is 126 Å². The number of unbranched alkanes of at least 4 members (excludes halogenated alkanes) is 6. The summed E-state index contributed by atoms with van der Waals surface area (Å²) >= 11 is 0. The van der Waals surface area contributed by atoms with Crippen LogP contribution in [0, 0.1) is 22.7 Å². The molecule has 40 heavy (non-hydrogen) atoms. The molecule has 6 heteroatoms. The molecule has 0 aliphatic carbocycles. The second kappa shape index (κ2) is 32.4. The SMILES string of the molecule is CC.CC.CCC.CCCCCCN(CCCCCC)c1ccc(/C(C#N)=C(/C#N)C(=O)OCCOCC)cc1. The smallest absolute Gasteiger partial charge is 0.350 e. The van der Waals surface area contributed by atoms with Crippen molar-refractivity contribution in [1.29, 1.82) is 10.5 Å². The molecule has 0 atom stereocenters. The van der Waals surface area contributed by atoms with Gasteiger partial charge in [0.2, 0.25) is 0 Å². The van der Waals surface area contributed by atoms with Crippen molar-refractivity contribution >= 4 is 17.2 Å². The molecular weight excluding hydrogens is 498 g/mol. The van der Waals surface area contributed by atoms with Crippen LogP contribution in [0.25, 0.3) is 5.57 Å². The maximum Gasteiger partial charge on any atom is 0.350 e. The minimum atomic E-state index is -0.800. The molecule has 0 heterocycles. The van der Waals surface area contributed by atoms with E-state index in [2.05, 4.69) is 32.6 Å². The first-order valence-corrected chi connectivity index (χ1v) is 15.7. The Hall–Kier alpha value is -2.83. The summed E-state index contributed by atoms with van der Waals surface area (Å²) in [7, 11) is 0. The zero-order valence-corrected chi connectivity index (χ0v) is 27.3. The van der Waals surface area contributed by atoms with Gasteiger partial charge in [-0.15, -0.1) is 0 Å². The molecule has 0 unspecified atom stereocenters. The number of benzene rings is 1. The highest BCUT2D eigenvalue weighted by atomic mass is 16.6. The molecule has 0 radical (unpaired) electrons. The quantitative estimate of drug-likeness (QED) is 0.0820. The molecule has 0 N–H and O–H groups in total. The van der Waals surface area contributed by atoms with E-state index in [4.69, 9.17) is 9.47 Å². The summed E-state index contributed by atoms with van der Waals surface area (Å²) in [5.74, 6) is -0.800. The largest absolute Gasteiger partial charge is 0.459 e. The first kappa shape index (κ1) is 41.6. The van der Waals surface area contributed by atoms with E-state index < -0.39 is 5.97 Å². The van der Waals surface area contributed by atoms with Crippen LogP contribution >= 0.6 is 0 Å². The predicted octanol–water partition coefficient (Wildman–Crippen LogP) is 9.50. The third-order valence-corrected chi connectivity index (χ3v) is 5.43. The molecule has 0 aromatic heterocycles. The molecule has 228 valence electrons. The van der Waals surface area contributed by atoms with Gasteiger partial charge in [-0.2, -0.15) is 10.5 Å². The molecule has 1 rings (SSSR count). The van der Waals surface area contributed by atoms with Crippen molar-refractivity contribution in [2.45, 2.75) is 120 Å². The van der Waals surface area contributed by atoms with Crippen molar-refractivity contribution in [1.82, 2.24) is 0 Å². The van der Waals surface area contributed by atoms with E-state index in [1.54, 1.807) is 0 Å². The Morgan fingerprint density at radius 2 is 1.25 bits per heavy atom. The molecule has 1 aromatic rings. The third-order valence-electron chi connectivity index (χ3n) is 5.43. The van der Waals surface area contributed by atoms with Crippen molar-refractivity contribution in [2.75, 3.05) is 37.8 Å². The Labute approximate surface area is 247 Å². The van der Waals surface area contributed by atoms with E-state index in [0.29, 0.717) is 12.2 Å². The first-order chi connectivity index (χ1) is 19.5. The normalized spacial score (nSPS) is 10.1. The van der Waals surface area contributed by atoms with E-state index in [9.17, 15) is 15.3 Å². The maximum absolute atomic E-state index is 12.3. The average Bonchev–Trinajstić information content (AvgIpc) is 2.99. The summed E-state index contributed by atoms with van der Waals surface area (Å²) in [4.78, 5) is 14.7. The lowest BCUT2D eigenvalue weighted by molar-refractivity contribution is -0.139. The van der Waals surface area contributed by atoms with Crippen LogP contribution in [0.5, 0.6) is 0 Å². The number of carbonyl (C=O) groups is 1. The van der Waals surface area contributed by atoms with Gasteiger partial charge in [-0.05, 0) is 37.5 Å². The fourth-order valence-corrected chi connectivity index (χ4v) is 3.55. The average molecular weight is 558 g/mol. The van der Waals surface area contributed by atoms with Crippen LogP contribution in [0.3, 0.4) is 0 Å². The number of nitrogens with zero attached hydrogens (tertiary/aromatic N) is 3. The van der Waals surface area contributed by atoms with Gasteiger partial charge in [-0.25, -0.2) is 4.79 Å². The molecule has 0 saturated carbocycles. The fourth-order valence-electron chi connectivity index (χ4n) is 3.55. The Bertz CT molecular complexity index is 808. The molecule has 0 aliphatic heterocycles.